The van der Waals surface area contributed by atoms with Crippen molar-refractivity contribution in [2.75, 3.05) is 16.4 Å². The lowest BCUT2D eigenvalue weighted by molar-refractivity contribution is -0.123. The zero-order valence-electron chi connectivity index (χ0n) is 17.0. The van der Waals surface area contributed by atoms with Crippen molar-refractivity contribution in [1.82, 2.24) is 9.97 Å². The monoisotopic (exact) mass is 434 g/mol. The van der Waals surface area contributed by atoms with Crippen molar-refractivity contribution in [1.29, 1.82) is 0 Å². The number of amides is 2. The molecule has 2 amide bonds. The summed E-state index contributed by atoms with van der Waals surface area (Å²) in [6.07, 6.45) is 0.718. The van der Waals surface area contributed by atoms with Crippen LogP contribution in [-0.4, -0.2) is 27.5 Å². The fourth-order valence-corrected chi connectivity index (χ4v) is 4.34. The molecule has 1 atom stereocenters. The Morgan fingerprint density at radius 3 is 2.65 bits per heavy atom. The summed E-state index contributed by atoms with van der Waals surface area (Å²) >= 11 is 1.40. The molecular weight excluding hydrogens is 412 g/mol. The van der Waals surface area contributed by atoms with E-state index in [9.17, 15) is 14.4 Å². The Hall–Kier alpha value is -3.39. The molecule has 0 aliphatic carbocycles. The van der Waals surface area contributed by atoms with E-state index in [1.807, 2.05) is 55.5 Å². The van der Waals surface area contributed by atoms with Gasteiger partial charge in [-0.2, -0.15) is 0 Å². The van der Waals surface area contributed by atoms with Gasteiger partial charge in [0.15, 0.2) is 5.16 Å². The number of rotatable bonds is 6. The van der Waals surface area contributed by atoms with Crippen LogP contribution >= 0.6 is 11.8 Å². The zero-order chi connectivity index (χ0) is 21.8. The molecule has 0 fully saturated rings. The van der Waals surface area contributed by atoms with Gasteiger partial charge in [0.2, 0.25) is 11.8 Å². The molecule has 0 saturated carbocycles. The van der Waals surface area contributed by atoms with E-state index in [-0.39, 0.29) is 23.7 Å². The first kappa shape index (κ1) is 20.9. The molecular formula is C23H22N4O3S. The van der Waals surface area contributed by atoms with Gasteiger partial charge in [-0.05, 0) is 30.5 Å². The lowest BCUT2D eigenvalue weighted by Crippen LogP contribution is -2.36. The molecule has 2 heterocycles. The third-order valence-electron chi connectivity index (χ3n) is 5.12. The number of anilines is 2. The van der Waals surface area contributed by atoms with E-state index >= 15 is 0 Å². The quantitative estimate of drug-likeness (QED) is 0.407. The molecule has 0 bridgehead atoms. The van der Waals surface area contributed by atoms with Gasteiger partial charge in [0.05, 0.1) is 11.5 Å². The van der Waals surface area contributed by atoms with Crippen molar-refractivity contribution in [2.24, 2.45) is 0 Å². The lowest BCUT2D eigenvalue weighted by atomic mass is 9.92. The number of hydrogen-bond donors (Lipinski definition) is 3. The van der Waals surface area contributed by atoms with Crippen LogP contribution in [0, 0.1) is 6.92 Å². The number of aromatic nitrogens is 2. The van der Waals surface area contributed by atoms with E-state index in [1.54, 1.807) is 6.07 Å². The van der Waals surface area contributed by atoms with Gasteiger partial charge >= 0.3 is 0 Å². The number of hydrogen-bond acceptors (Lipinski definition) is 5. The van der Waals surface area contributed by atoms with Crippen LogP contribution in [0.1, 0.15) is 29.0 Å². The van der Waals surface area contributed by atoms with Crippen LogP contribution in [0.15, 0.2) is 64.5 Å². The van der Waals surface area contributed by atoms with Crippen molar-refractivity contribution in [3.05, 3.63) is 81.6 Å². The Morgan fingerprint density at radius 2 is 1.87 bits per heavy atom. The van der Waals surface area contributed by atoms with Crippen molar-refractivity contribution < 1.29 is 9.59 Å². The van der Waals surface area contributed by atoms with Crippen LogP contribution in [-0.2, 0) is 16.0 Å². The maximum atomic E-state index is 12.9. The Balaban J connectivity index is 1.53. The second kappa shape index (κ2) is 9.18. The molecule has 1 aliphatic rings. The number of carbonyl (C=O) groups excluding carboxylic acids is 2. The summed E-state index contributed by atoms with van der Waals surface area (Å²) in [6, 6.07) is 17.4. The van der Waals surface area contributed by atoms with Gasteiger partial charge in [-0.15, -0.1) is 0 Å². The number of nitrogens with zero attached hydrogens (tertiary/aromatic N) is 1. The molecule has 1 aromatic heterocycles. The Kier molecular flexibility index (Phi) is 6.18. The van der Waals surface area contributed by atoms with Crippen LogP contribution in [0.5, 0.6) is 0 Å². The van der Waals surface area contributed by atoms with E-state index < -0.39 is 17.4 Å². The molecule has 0 unspecified atom stereocenters. The minimum atomic E-state index is -0.900. The summed E-state index contributed by atoms with van der Waals surface area (Å²) in [5, 5.41) is 5.89. The molecule has 7 nitrogen and oxygen atoms in total. The predicted molar refractivity (Wildman–Crippen MR) is 122 cm³/mol. The van der Waals surface area contributed by atoms with E-state index in [0.29, 0.717) is 10.8 Å². The number of para-hydroxylation sites is 1. The highest BCUT2D eigenvalue weighted by Gasteiger charge is 2.34. The van der Waals surface area contributed by atoms with E-state index in [1.165, 1.54) is 17.3 Å². The van der Waals surface area contributed by atoms with Crippen LogP contribution in [0.4, 0.5) is 11.5 Å². The maximum absolute atomic E-state index is 12.9. The number of thioether (sulfide) groups is 1. The average Bonchev–Trinajstić information content (AvgIpc) is 2.75. The van der Waals surface area contributed by atoms with E-state index in [0.717, 1.165) is 17.7 Å². The van der Waals surface area contributed by atoms with Crippen LogP contribution in [0.2, 0.25) is 0 Å². The van der Waals surface area contributed by atoms with Crippen LogP contribution < -0.4 is 16.2 Å². The van der Waals surface area contributed by atoms with Crippen molar-refractivity contribution in [3.8, 4) is 0 Å². The van der Waals surface area contributed by atoms with Gasteiger partial charge in [-0.1, -0.05) is 60.3 Å². The molecule has 3 aromatic rings. The molecule has 0 spiro atoms. The van der Waals surface area contributed by atoms with Gasteiger partial charge in [-0.25, -0.2) is 4.98 Å². The number of H-pyrrole nitrogens is 1. The summed E-state index contributed by atoms with van der Waals surface area (Å²) in [6.45, 7) is 1.88. The molecule has 31 heavy (non-hydrogen) atoms. The standard InChI is InChI=1S/C23H22N4O3S/c1-14-7-5-6-10-17(14)24-21(29)16-13-18(28)25-20-19(16)22(30)27-23(26-20)31-12-11-15-8-3-2-4-9-15/h2-10,16H,11-13H2,1H3,(H,24,29)(H2,25,26,27,28,30)/t16-/m0/s1. The van der Waals surface area contributed by atoms with Crippen molar-refractivity contribution >= 4 is 35.1 Å². The van der Waals surface area contributed by atoms with Crippen molar-refractivity contribution in [2.45, 2.75) is 30.8 Å². The number of aromatic amines is 1. The summed E-state index contributed by atoms with van der Waals surface area (Å²) in [5.41, 5.74) is 2.53. The van der Waals surface area contributed by atoms with E-state index in [4.69, 9.17) is 0 Å². The molecule has 3 N–H and O–H groups in total. The molecule has 1 aliphatic heterocycles. The highest BCUT2D eigenvalue weighted by Crippen LogP contribution is 2.30. The van der Waals surface area contributed by atoms with Gasteiger partial charge in [0.25, 0.3) is 5.56 Å². The first-order valence-corrected chi connectivity index (χ1v) is 11.0. The maximum Gasteiger partial charge on any atom is 0.257 e. The first-order chi connectivity index (χ1) is 15.0. The number of carbonyl (C=O) groups is 2. The number of nitrogens with one attached hydrogen (secondary N) is 3. The number of fused-ring (bicyclic) bond motifs is 1. The molecule has 0 saturated heterocycles. The van der Waals surface area contributed by atoms with Gasteiger partial charge in [0.1, 0.15) is 5.82 Å². The predicted octanol–water partition coefficient (Wildman–Crippen LogP) is 3.48. The second-order valence-electron chi connectivity index (χ2n) is 7.33. The minimum Gasteiger partial charge on any atom is -0.325 e. The third kappa shape index (κ3) is 4.86. The Bertz CT molecular complexity index is 1180. The first-order valence-electron chi connectivity index (χ1n) is 9.98. The zero-order valence-corrected chi connectivity index (χ0v) is 17.8. The Morgan fingerprint density at radius 1 is 1.13 bits per heavy atom. The summed E-state index contributed by atoms with van der Waals surface area (Å²) in [7, 11) is 0. The highest BCUT2D eigenvalue weighted by atomic mass is 32.2. The topological polar surface area (TPSA) is 104 Å². The minimum absolute atomic E-state index is 0.101. The molecule has 8 heteroatoms. The normalized spacial score (nSPS) is 15.1. The average molecular weight is 435 g/mol. The van der Waals surface area contributed by atoms with Crippen LogP contribution in [0.25, 0.3) is 0 Å². The SMILES string of the molecule is Cc1ccccc1NC(=O)[C@H]1CC(=O)Nc2nc(SCCc3ccccc3)[nH]c(=O)c21. The second-order valence-corrected chi connectivity index (χ2v) is 8.41. The van der Waals surface area contributed by atoms with E-state index in [2.05, 4.69) is 20.6 Å². The van der Waals surface area contributed by atoms with Gasteiger partial charge < -0.3 is 15.6 Å². The van der Waals surface area contributed by atoms with Gasteiger partial charge in [0, 0.05) is 17.9 Å². The lowest BCUT2D eigenvalue weighted by Gasteiger charge is -2.23. The fraction of sp³-hybridized carbons (Fsp3) is 0.217. The number of aryl methyl sites for hydroxylation is 2. The summed E-state index contributed by atoms with van der Waals surface area (Å²) < 4.78 is 0. The largest absolute Gasteiger partial charge is 0.325 e. The van der Waals surface area contributed by atoms with Crippen LogP contribution in [0.3, 0.4) is 0 Å². The fourth-order valence-electron chi connectivity index (χ4n) is 3.49. The summed E-state index contributed by atoms with van der Waals surface area (Å²) in [5.74, 6) is -0.760. The smallest absolute Gasteiger partial charge is 0.257 e. The summed E-state index contributed by atoms with van der Waals surface area (Å²) in [4.78, 5) is 45.1. The Labute approximate surface area is 183 Å². The molecule has 158 valence electrons. The van der Waals surface area contributed by atoms with Gasteiger partial charge in [-0.3, -0.25) is 14.4 Å². The molecule has 4 rings (SSSR count). The number of benzene rings is 2. The molecule has 0 radical (unpaired) electrons. The third-order valence-corrected chi connectivity index (χ3v) is 6.00. The van der Waals surface area contributed by atoms with Crippen molar-refractivity contribution in [3.63, 3.8) is 0 Å². The molecule has 2 aromatic carbocycles. The highest BCUT2D eigenvalue weighted by molar-refractivity contribution is 7.99.